The molecule has 11 heteroatoms. The minimum atomic E-state index is -0.704. The van der Waals surface area contributed by atoms with Crippen LogP contribution in [0.3, 0.4) is 0 Å². The van der Waals surface area contributed by atoms with Gasteiger partial charge in [-0.2, -0.15) is 27.0 Å². The maximum Gasteiger partial charge on any atom is 0.251 e. The average molecular weight is 569 g/mol. The van der Waals surface area contributed by atoms with Crippen LogP contribution >= 0.6 is 27.0 Å². The SMILES string of the molecule is COCCN1CCN(c2ccc(C(=O)N[C@@H](CC(C)(C)C)C(=O)N3CC[C@H]4OCC(=O)[C@H]43)cc2)CC1.S.S. The van der Waals surface area contributed by atoms with Gasteiger partial charge in [-0.05, 0) is 42.5 Å². The van der Waals surface area contributed by atoms with E-state index in [1.807, 2.05) is 45.0 Å². The maximum atomic E-state index is 13.5. The molecule has 3 atom stereocenters. The highest BCUT2D eigenvalue weighted by Crippen LogP contribution is 2.30. The molecule has 4 rings (SSSR count). The fraction of sp³-hybridized carbons (Fsp3) is 0.667. The van der Waals surface area contributed by atoms with E-state index in [0.29, 0.717) is 24.9 Å². The monoisotopic (exact) mass is 568 g/mol. The first-order valence-electron chi connectivity index (χ1n) is 13.0. The van der Waals surface area contributed by atoms with E-state index in [-0.39, 0.29) is 62.7 Å². The van der Waals surface area contributed by atoms with Crippen molar-refractivity contribution in [3.05, 3.63) is 29.8 Å². The molecule has 0 radical (unpaired) electrons. The number of carbonyl (C=O) groups is 3. The van der Waals surface area contributed by atoms with Crippen LogP contribution in [0.25, 0.3) is 0 Å². The number of anilines is 1. The molecule has 3 aliphatic rings. The summed E-state index contributed by atoms with van der Waals surface area (Å²) in [6, 6.07) is 6.36. The first kappa shape index (κ1) is 32.4. The van der Waals surface area contributed by atoms with Gasteiger partial charge in [0.25, 0.3) is 5.91 Å². The Morgan fingerprint density at radius 3 is 2.34 bits per heavy atom. The number of benzene rings is 1. The lowest BCUT2D eigenvalue weighted by Gasteiger charge is -2.36. The van der Waals surface area contributed by atoms with Crippen LogP contribution in [-0.2, 0) is 19.1 Å². The number of methoxy groups -OCH3 is 1. The van der Waals surface area contributed by atoms with Crippen molar-refractivity contribution in [1.29, 1.82) is 0 Å². The minimum absolute atomic E-state index is 0. The molecule has 3 fully saturated rings. The summed E-state index contributed by atoms with van der Waals surface area (Å²) < 4.78 is 10.7. The Morgan fingerprint density at radius 1 is 1.08 bits per heavy atom. The number of fused-ring (bicyclic) bond motifs is 1. The highest BCUT2D eigenvalue weighted by atomic mass is 32.1. The van der Waals surface area contributed by atoms with E-state index in [2.05, 4.69) is 15.1 Å². The number of amides is 2. The van der Waals surface area contributed by atoms with Crippen LogP contribution in [0, 0.1) is 5.41 Å². The van der Waals surface area contributed by atoms with Crippen LogP contribution in [-0.4, -0.2) is 105 Å². The summed E-state index contributed by atoms with van der Waals surface area (Å²) in [5.41, 5.74) is 1.42. The zero-order valence-electron chi connectivity index (χ0n) is 23.0. The van der Waals surface area contributed by atoms with Gasteiger partial charge >= 0.3 is 0 Å². The third kappa shape index (κ3) is 7.88. The molecule has 214 valence electrons. The molecule has 3 heterocycles. The number of piperazine rings is 1. The van der Waals surface area contributed by atoms with Gasteiger partial charge in [0, 0.05) is 57.6 Å². The molecule has 9 nitrogen and oxygen atoms in total. The molecule has 0 aliphatic carbocycles. The second kappa shape index (κ2) is 14.0. The van der Waals surface area contributed by atoms with Crippen LogP contribution in [0.15, 0.2) is 24.3 Å². The van der Waals surface area contributed by atoms with Gasteiger partial charge in [-0.25, -0.2) is 0 Å². The number of Topliss-reactive ketones (excluding diaryl/α,β-unsaturated/α-hetero) is 1. The Kier molecular flexibility index (Phi) is 12.0. The maximum absolute atomic E-state index is 13.5. The van der Waals surface area contributed by atoms with Gasteiger partial charge in [-0.1, -0.05) is 20.8 Å². The van der Waals surface area contributed by atoms with Gasteiger partial charge in [0.1, 0.15) is 18.7 Å². The molecular weight excluding hydrogens is 524 g/mol. The van der Waals surface area contributed by atoms with Crippen LogP contribution in [0.5, 0.6) is 0 Å². The molecule has 0 aromatic heterocycles. The zero-order valence-corrected chi connectivity index (χ0v) is 25.0. The molecule has 0 unspecified atom stereocenters. The number of likely N-dealkylation sites (tertiary alicyclic amines) is 1. The molecule has 38 heavy (non-hydrogen) atoms. The number of rotatable bonds is 8. The van der Waals surface area contributed by atoms with Crippen molar-refractivity contribution >= 4 is 50.3 Å². The van der Waals surface area contributed by atoms with Crippen LogP contribution in [0.1, 0.15) is 44.0 Å². The predicted octanol–water partition coefficient (Wildman–Crippen LogP) is 1.78. The molecule has 0 saturated carbocycles. The number of ether oxygens (including phenoxy) is 2. The van der Waals surface area contributed by atoms with E-state index in [9.17, 15) is 14.4 Å². The molecule has 1 aromatic carbocycles. The molecule has 2 amide bonds. The van der Waals surface area contributed by atoms with Crippen LogP contribution < -0.4 is 10.2 Å². The standard InChI is InChI=1S/C27H40N4O5.2H2S/c1-27(2,3)17-21(26(34)31-10-9-23-24(31)22(32)18-36-23)28-25(33)19-5-7-20(8-6-19)30-13-11-29(12-14-30)15-16-35-4;;/h5-8,21,23-24H,9-18H2,1-4H3,(H,28,33);2*1H2/t21-,23+,24+;;/m0../s1. The Morgan fingerprint density at radius 2 is 1.74 bits per heavy atom. The normalized spacial score (nSPS) is 22.4. The van der Waals surface area contributed by atoms with Crippen molar-refractivity contribution in [2.45, 2.75) is 51.8 Å². The highest BCUT2D eigenvalue weighted by molar-refractivity contribution is 7.59. The molecule has 1 aromatic rings. The smallest absolute Gasteiger partial charge is 0.251 e. The lowest BCUT2D eigenvalue weighted by molar-refractivity contribution is -0.138. The Labute approximate surface area is 240 Å². The Bertz CT molecular complexity index is 948. The number of ketones is 1. The molecular formula is C27H44N4O5S2. The first-order chi connectivity index (χ1) is 17.2. The van der Waals surface area contributed by atoms with Gasteiger partial charge in [0.2, 0.25) is 5.91 Å². The van der Waals surface area contributed by atoms with E-state index in [4.69, 9.17) is 9.47 Å². The second-order valence-electron chi connectivity index (χ2n) is 11.2. The fourth-order valence-electron chi connectivity index (χ4n) is 5.37. The lowest BCUT2D eigenvalue weighted by Crippen LogP contribution is -2.53. The van der Waals surface area contributed by atoms with Crippen molar-refractivity contribution in [2.75, 3.05) is 64.5 Å². The largest absolute Gasteiger partial charge is 0.383 e. The van der Waals surface area contributed by atoms with Crippen molar-refractivity contribution in [2.24, 2.45) is 5.41 Å². The number of nitrogens with one attached hydrogen (secondary N) is 1. The van der Waals surface area contributed by atoms with Gasteiger partial charge < -0.3 is 24.6 Å². The van der Waals surface area contributed by atoms with Gasteiger partial charge in [0.05, 0.1) is 12.7 Å². The Balaban J connectivity index is 0.00000253. The van der Waals surface area contributed by atoms with Crippen LogP contribution in [0.2, 0.25) is 0 Å². The van der Waals surface area contributed by atoms with Gasteiger partial charge in [0.15, 0.2) is 5.78 Å². The summed E-state index contributed by atoms with van der Waals surface area (Å²) in [5.74, 6) is -0.535. The quantitative estimate of drug-likeness (QED) is 0.511. The van der Waals surface area contributed by atoms with E-state index >= 15 is 0 Å². The summed E-state index contributed by atoms with van der Waals surface area (Å²) in [4.78, 5) is 45.4. The van der Waals surface area contributed by atoms with E-state index in [1.165, 1.54) is 0 Å². The van der Waals surface area contributed by atoms with E-state index in [1.54, 1.807) is 12.0 Å². The molecule has 3 aliphatic heterocycles. The summed E-state index contributed by atoms with van der Waals surface area (Å²) >= 11 is 0. The third-order valence-corrected chi connectivity index (χ3v) is 7.29. The lowest BCUT2D eigenvalue weighted by atomic mass is 9.87. The average Bonchev–Trinajstić information content (AvgIpc) is 3.44. The minimum Gasteiger partial charge on any atom is -0.383 e. The Hall–Kier alpha value is -1.79. The molecule has 0 bridgehead atoms. The summed E-state index contributed by atoms with van der Waals surface area (Å²) in [7, 11) is 1.72. The number of nitrogens with zero attached hydrogens (tertiary/aromatic N) is 3. The van der Waals surface area contributed by atoms with Gasteiger partial charge in [-0.3, -0.25) is 19.3 Å². The zero-order chi connectivity index (χ0) is 25.9. The van der Waals surface area contributed by atoms with E-state index < -0.39 is 12.1 Å². The first-order valence-corrected chi connectivity index (χ1v) is 13.0. The summed E-state index contributed by atoms with van der Waals surface area (Å²) in [6.45, 7) is 12.2. The molecule has 1 N–H and O–H groups in total. The van der Waals surface area contributed by atoms with Gasteiger partial charge in [-0.15, -0.1) is 0 Å². The van der Waals surface area contributed by atoms with Crippen molar-refractivity contribution in [3.63, 3.8) is 0 Å². The van der Waals surface area contributed by atoms with Crippen molar-refractivity contribution < 1.29 is 23.9 Å². The number of hydrogen-bond acceptors (Lipinski definition) is 7. The third-order valence-electron chi connectivity index (χ3n) is 7.29. The second-order valence-corrected chi connectivity index (χ2v) is 11.2. The fourth-order valence-corrected chi connectivity index (χ4v) is 5.37. The van der Waals surface area contributed by atoms with Crippen LogP contribution in [0.4, 0.5) is 5.69 Å². The number of hydrogen-bond donors (Lipinski definition) is 1. The highest BCUT2D eigenvalue weighted by Gasteiger charge is 2.48. The summed E-state index contributed by atoms with van der Waals surface area (Å²) in [5, 5.41) is 2.97. The topological polar surface area (TPSA) is 91.4 Å². The van der Waals surface area contributed by atoms with Crippen molar-refractivity contribution in [1.82, 2.24) is 15.1 Å². The molecule has 0 spiro atoms. The predicted molar refractivity (Wildman–Crippen MR) is 158 cm³/mol. The number of carbonyl (C=O) groups excluding carboxylic acids is 3. The van der Waals surface area contributed by atoms with E-state index in [0.717, 1.165) is 45.0 Å². The van der Waals surface area contributed by atoms with Crippen molar-refractivity contribution in [3.8, 4) is 0 Å². The summed E-state index contributed by atoms with van der Waals surface area (Å²) in [6.07, 6.45) is 0.911. The molecule has 3 saturated heterocycles.